The fourth-order valence-electron chi connectivity index (χ4n) is 2.88. The Balaban J connectivity index is 2.21. The van der Waals surface area contributed by atoms with Crippen molar-refractivity contribution in [1.82, 2.24) is 14.7 Å². The zero-order valence-electron chi connectivity index (χ0n) is 12.4. The van der Waals surface area contributed by atoms with Crippen LogP contribution in [0.2, 0.25) is 0 Å². The molecular weight excluding hydrogens is 238 g/mol. The standard InChI is InChI=1S/C15H25N3O/c1-4-15(3,17-9-7-6-8-10-17)14(19)13-11-16-18(5-2)12-13/h11-12H,4-10H2,1-3H3. The molecule has 0 amide bonds. The van der Waals surface area contributed by atoms with Gasteiger partial charge in [0.05, 0.1) is 17.3 Å². The summed E-state index contributed by atoms with van der Waals surface area (Å²) in [6, 6.07) is 0. The fourth-order valence-corrected chi connectivity index (χ4v) is 2.88. The third-order valence-electron chi connectivity index (χ3n) is 4.45. The van der Waals surface area contributed by atoms with E-state index in [4.69, 9.17) is 0 Å². The van der Waals surface area contributed by atoms with Crippen LogP contribution in [0.1, 0.15) is 56.8 Å². The van der Waals surface area contributed by atoms with Crippen molar-refractivity contribution >= 4 is 5.78 Å². The molecule has 0 spiro atoms. The van der Waals surface area contributed by atoms with Gasteiger partial charge in [0.25, 0.3) is 0 Å². The van der Waals surface area contributed by atoms with Gasteiger partial charge in [0.2, 0.25) is 0 Å². The Morgan fingerprint density at radius 1 is 1.32 bits per heavy atom. The van der Waals surface area contributed by atoms with E-state index in [0.717, 1.165) is 31.6 Å². The Kier molecular flexibility index (Phi) is 4.40. The minimum atomic E-state index is -0.373. The Hall–Kier alpha value is -1.16. The Bertz CT molecular complexity index is 434. The van der Waals surface area contributed by atoms with E-state index < -0.39 is 0 Å². The van der Waals surface area contributed by atoms with Crippen molar-refractivity contribution in [2.24, 2.45) is 0 Å². The third kappa shape index (κ3) is 2.73. The number of aromatic nitrogens is 2. The number of piperidine rings is 1. The highest BCUT2D eigenvalue weighted by Crippen LogP contribution is 2.27. The highest BCUT2D eigenvalue weighted by atomic mass is 16.1. The maximum atomic E-state index is 12.8. The maximum Gasteiger partial charge on any atom is 0.185 e. The van der Waals surface area contributed by atoms with Crippen LogP contribution in [0.4, 0.5) is 0 Å². The number of aryl methyl sites for hydroxylation is 1. The third-order valence-corrected chi connectivity index (χ3v) is 4.45. The molecule has 1 aliphatic heterocycles. The van der Waals surface area contributed by atoms with E-state index in [-0.39, 0.29) is 11.3 Å². The lowest BCUT2D eigenvalue weighted by Crippen LogP contribution is -2.53. The molecule has 0 aliphatic carbocycles. The molecule has 1 aromatic rings. The number of rotatable bonds is 5. The van der Waals surface area contributed by atoms with Crippen molar-refractivity contribution in [2.75, 3.05) is 13.1 Å². The molecule has 0 bridgehead atoms. The monoisotopic (exact) mass is 263 g/mol. The summed E-state index contributed by atoms with van der Waals surface area (Å²) in [6.07, 6.45) is 8.14. The Labute approximate surface area is 115 Å². The minimum Gasteiger partial charge on any atom is -0.292 e. The number of hydrogen-bond donors (Lipinski definition) is 0. The number of hydrogen-bond acceptors (Lipinski definition) is 3. The minimum absolute atomic E-state index is 0.219. The molecule has 0 radical (unpaired) electrons. The van der Waals surface area contributed by atoms with Crippen LogP contribution in [0.25, 0.3) is 0 Å². The average Bonchev–Trinajstić information content (AvgIpc) is 2.95. The van der Waals surface area contributed by atoms with Gasteiger partial charge in [-0.25, -0.2) is 0 Å². The molecule has 0 N–H and O–H groups in total. The maximum absolute atomic E-state index is 12.8. The number of carbonyl (C=O) groups excluding carboxylic acids is 1. The van der Waals surface area contributed by atoms with E-state index in [1.807, 2.05) is 17.8 Å². The van der Waals surface area contributed by atoms with Gasteiger partial charge in [0, 0.05) is 12.7 Å². The quantitative estimate of drug-likeness (QED) is 0.767. The highest BCUT2D eigenvalue weighted by molar-refractivity contribution is 6.02. The lowest BCUT2D eigenvalue weighted by Gasteiger charge is -2.41. The van der Waals surface area contributed by atoms with Gasteiger partial charge in [-0.2, -0.15) is 5.10 Å². The summed E-state index contributed by atoms with van der Waals surface area (Å²) < 4.78 is 1.82. The van der Waals surface area contributed by atoms with Crippen molar-refractivity contribution in [3.63, 3.8) is 0 Å². The normalized spacial score (nSPS) is 20.2. The first-order valence-electron chi connectivity index (χ1n) is 7.44. The van der Waals surface area contributed by atoms with Crippen LogP contribution in [0.15, 0.2) is 12.4 Å². The van der Waals surface area contributed by atoms with Crippen LogP contribution < -0.4 is 0 Å². The number of carbonyl (C=O) groups is 1. The molecular formula is C15H25N3O. The SMILES string of the molecule is CCn1cc(C(=O)C(C)(CC)N2CCCCC2)cn1. The first kappa shape index (κ1) is 14.3. The van der Waals surface area contributed by atoms with Crippen molar-refractivity contribution in [3.8, 4) is 0 Å². The van der Waals surface area contributed by atoms with Gasteiger partial charge in [0.15, 0.2) is 5.78 Å². The fraction of sp³-hybridized carbons (Fsp3) is 0.733. The van der Waals surface area contributed by atoms with Gasteiger partial charge in [-0.15, -0.1) is 0 Å². The summed E-state index contributed by atoms with van der Waals surface area (Å²) in [6.45, 7) is 9.11. The number of ketones is 1. The topological polar surface area (TPSA) is 38.1 Å². The molecule has 2 rings (SSSR count). The Morgan fingerprint density at radius 3 is 2.53 bits per heavy atom. The van der Waals surface area contributed by atoms with Crippen molar-refractivity contribution < 1.29 is 4.79 Å². The average molecular weight is 263 g/mol. The molecule has 1 atom stereocenters. The molecule has 1 fully saturated rings. The van der Waals surface area contributed by atoms with Gasteiger partial charge < -0.3 is 0 Å². The molecule has 4 nitrogen and oxygen atoms in total. The summed E-state index contributed by atoms with van der Waals surface area (Å²) in [4.78, 5) is 15.2. The molecule has 1 saturated heterocycles. The predicted molar refractivity (Wildman–Crippen MR) is 76.4 cm³/mol. The highest BCUT2D eigenvalue weighted by Gasteiger charge is 2.38. The van der Waals surface area contributed by atoms with E-state index in [2.05, 4.69) is 23.8 Å². The first-order chi connectivity index (χ1) is 9.11. The van der Waals surface area contributed by atoms with Crippen LogP contribution in [-0.2, 0) is 6.54 Å². The van der Waals surface area contributed by atoms with Gasteiger partial charge in [-0.1, -0.05) is 13.3 Å². The van der Waals surface area contributed by atoms with E-state index in [9.17, 15) is 4.79 Å². The van der Waals surface area contributed by atoms with E-state index in [1.54, 1.807) is 6.20 Å². The molecule has 1 aliphatic rings. The molecule has 4 heteroatoms. The predicted octanol–water partition coefficient (Wildman–Crippen LogP) is 2.74. The summed E-state index contributed by atoms with van der Waals surface area (Å²) >= 11 is 0. The van der Waals surface area contributed by atoms with Crippen LogP contribution in [-0.4, -0.2) is 39.1 Å². The smallest absolute Gasteiger partial charge is 0.185 e. The van der Waals surface area contributed by atoms with Gasteiger partial charge in [-0.3, -0.25) is 14.4 Å². The van der Waals surface area contributed by atoms with Crippen molar-refractivity contribution in [2.45, 2.75) is 58.5 Å². The lowest BCUT2D eigenvalue weighted by molar-refractivity contribution is 0.0505. The second-order valence-corrected chi connectivity index (χ2v) is 5.59. The van der Waals surface area contributed by atoms with E-state index in [1.165, 1.54) is 19.3 Å². The van der Waals surface area contributed by atoms with Crippen LogP contribution >= 0.6 is 0 Å². The van der Waals surface area contributed by atoms with Gasteiger partial charge >= 0.3 is 0 Å². The number of Topliss-reactive ketones (excluding diaryl/α,β-unsaturated/α-hetero) is 1. The largest absolute Gasteiger partial charge is 0.292 e. The van der Waals surface area contributed by atoms with E-state index >= 15 is 0 Å². The zero-order valence-corrected chi connectivity index (χ0v) is 12.4. The second-order valence-electron chi connectivity index (χ2n) is 5.59. The van der Waals surface area contributed by atoms with Crippen LogP contribution in [0.5, 0.6) is 0 Å². The summed E-state index contributed by atoms with van der Waals surface area (Å²) in [5, 5.41) is 4.23. The number of likely N-dealkylation sites (tertiary alicyclic amines) is 1. The van der Waals surface area contributed by atoms with Gasteiger partial charge in [-0.05, 0) is 46.2 Å². The molecule has 1 aromatic heterocycles. The van der Waals surface area contributed by atoms with Crippen molar-refractivity contribution in [3.05, 3.63) is 18.0 Å². The molecule has 1 unspecified atom stereocenters. The number of nitrogens with zero attached hydrogens (tertiary/aromatic N) is 3. The first-order valence-corrected chi connectivity index (χ1v) is 7.44. The molecule has 2 heterocycles. The zero-order chi connectivity index (χ0) is 13.9. The Morgan fingerprint density at radius 2 is 2.00 bits per heavy atom. The molecule has 0 saturated carbocycles. The molecule has 19 heavy (non-hydrogen) atoms. The summed E-state index contributed by atoms with van der Waals surface area (Å²) in [7, 11) is 0. The molecule has 106 valence electrons. The molecule has 0 aromatic carbocycles. The van der Waals surface area contributed by atoms with Crippen LogP contribution in [0, 0.1) is 0 Å². The van der Waals surface area contributed by atoms with Crippen molar-refractivity contribution in [1.29, 1.82) is 0 Å². The van der Waals surface area contributed by atoms with Gasteiger partial charge in [0.1, 0.15) is 0 Å². The lowest BCUT2D eigenvalue weighted by atomic mass is 9.86. The van der Waals surface area contributed by atoms with E-state index in [0.29, 0.717) is 0 Å². The summed E-state index contributed by atoms with van der Waals surface area (Å²) in [5.41, 5.74) is 0.374. The second kappa shape index (κ2) is 5.87. The summed E-state index contributed by atoms with van der Waals surface area (Å²) in [5.74, 6) is 0.219. The van der Waals surface area contributed by atoms with Crippen LogP contribution in [0.3, 0.4) is 0 Å².